The topological polar surface area (TPSA) is 49.4 Å². The molecule has 1 N–H and O–H groups in total. The summed E-state index contributed by atoms with van der Waals surface area (Å²) in [6.45, 7) is 0.519. The van der Waals surface area contributed by atoms with Crippen molar-refractivity contribution in [3.05, 3.63) is 95.8 Å². The second-order valence-corrected chi connectivity index (χ2v) is 7.06. The van der Waals surface area contributed by atoms with Gasteiger partial charge in [-0.1, -0.05) is 60.7 Å². The molecular weight excluding hydrogens is 367 g/mol. The van der Waals surface area contributed by atoms with Crippen molar-refractivity contribution in [3.8, 4) is 0 Å². The molecule has 0 unspecified atom stereocenters. The molecular formula is C24H21FN2O2. The summed E-state index contributed by atoms with van der Waals surface area (Å²) in [6, 6.07) is 23.4. The number of amides is 2. The highest BCUT2D eigenvalue weighted by atomic mass is 19.1. The molecule has 0 saturated carbocycles. The van der Waals surface area contributed by atoms with Gasteiger partial charge in [0.15, 0.2) is 0 Å². The van der Waals surface area contributed by atoms with Gasteiger partial charge in [0.2, 0.25) is 11.8 Å². The highest BCUT2D eigenvalue weighted by Crippen LogP contribution is 2.29. The quantitative estimate of drug-likeness (QED) is 0.687. The molecule has 29 heavy (non-hydrogen) atoms. The lowest BCUT2D eigenvalue weighted by molar-refractivity contribution is -0.117. The molecule has 1 saturated heterocycles. The van der Waals surface area contributed by atoms with E-state index in [9.17, 15) is 14.0 Å². The molecule has 0 spiro atoms. The monoisotopic (exact) mass is 388 g/mol. The minimum Gasteiger partial charge on any atom is -0.325 e. The Morgan fingerprint density at radius 1 is 0.931 bits per heavy atom. The van der Waals surface area contributed by atoms with Crippen LogP contribution in [0.15, 0.2) is 78.9 Å². The summed E-state index contributed by atoms with van der Waals surface area (Å²) in [5.41, 5.74) is 2.33. The normalized spacial score (nSPS) is 13.7. The van der Waals surface area contributed by atoms with Crippen LogP contribution in [0.25, 0.3) is 0 Å². The number of hydrogen-bond donors (Lipinski definition) is 1. The number of carbonyl (C=O) groups is 2. The lowest BCUT2D eigenvalue weighted by atomic mass is 9.90. The summed E-state index contributed by atoms with van der Waals surface area (Å²) < 4.78 is 14.6. The van der Waals surface area contributed by atoms with Gasteiger partial charge in [-0.3, -0.25) is 9.59 Å². The van der Waals surface area contributed by atoms with Gasteiger partial charge in [0, 0.05) is 18.7 Å². The zero-order valence-electron chi connectivity index (χ0n) is 15.8. The van der Waals surface area contributed by atoms with Crippen LogP contribution in [0.2, 0.25) is 0 Å². The van der Waals surface area contributed by atoms with Gasteiger partial charge in [-0.15, -0.1) is 0 Å². The standard InChI is InChI=1S/C24H21FN2O2/c25-20-16-19(13-14-21(20)27-15-7-12-22(27)28)26-24(29)23(17-8-3-1-4-9-17)18-10-5-2-6-11-18/h1-6,8-11,13-14,16,23H,7,12,15H2,(H,26,29). The van der Waals surface area contributed by atoms with E-state index in [-0.39, 0.29) is 17.5 Å². The molecule has 0 radical (unpaired) electrons. The van der Waals surface area contributed by atoms with Crippen molar-refractivity contribution >= 4 is 23.2 Å². The minimum atomic E-state index is -0.519. The molecule has 146 valence electrons. The first-order valence-electron chi connectivity index (χ1n) is 9.64. The fourth-order valence-electron chi connectivity index (χ4n) is 3.71. The van der Waals surface area contributed by atoms with Crippen LogP contribution in [0, 0.1) is 5.82 Å². The minimum absolute atomic E-state index is 0.0751. The molecule has 0 aliphatic carbocycles. The smallest absolute Gasteiger partial charge is 0.236 e. The van der Waals surface area contributed by atoms with E-state index in [1.165, 1.54) is 11.0 Å². The van der Waals surface area contributed by atoms with Crippen molar-refractivity contribution in [1.82, 2.24) is 0 Å². The highest BCUT2D eigenvalue weighted by Gasteiger charge is 2.26. The van der Waals surface area contributed by atoms with Gasteiger partial charge in [0.25, 0.3) is 0 Å². The lowest BCUT2D eigenvalue weighted by Crippen LogP contribution is -2.25. The summed E-state index contributed by atoms with van der Waals surface area (Å²) in [4.78, 5) is 26.5. The second kappa shape index (κ2) is 8.27. The van der Waals surface area contributed by atoms with E-state index in [1.807, 2.05) is 60.7 Å². The molecule has 2 amide bonds. The van der Waals surface area contributed by atoms with Gasteiger partial charge in [-0.25, -0.2) is 4.39 Å². The number of hydrogen-bond acceptors (Lipinski definition) is 2. The lowest BCUT2D eigenvalue weighted by Gasteiger charge is -2.19. The Morgan fingerprint density at radius 2 is 1.55 bits per heavy atom. The third kappa shape index (κ3) is 4.04. The second-order valence-electron chi connectivity index (χ2n) is 7.06. The molecule has 0 bridgehead atoms. The Labute approximate surface area is 169 Å². The van der Waals surface area contributed by atoms with Crippen molar-refractivity contribution in [2.24, 2.45) is 0 Å². The average molecular weight is 388 g/mol. The third-order valence-electron chi connectivity index (χ3n) is 5.11. The SMILES string of the molecule is O=C(Nc1ccc(N2CCCC2=O)c(F)c1)C(c1ccccc1)c1ccccc1. The number of halogens is 1. The van der Waals surface area contributed by atoms with E-state index in [0.29, 0.717) is 18.7 Å². The largest absolute Gasteiger partial charge is 0.325 e. The number of benzene rings is 3. The Morgan fingerprint density at radius 3 is 2.07 bits per heavy atom. The molecule has 0 atom stereocenters. The maximum atomic E-state index is 14.6. The number of nitrogens with zero attached hydrogens (tertiary/aromatic N) is 1. The van der Waals surface area contributed by atoms with Crippen LogP contribution in [0.1, 0.15) is 29.9 Å². The van der Waals surface area contributed by atoms with E-state index >= 15 is 0 Å². The molecule has 1 aliphatic heterocycles. The molecule has 5 heteroatoms. The Hall–Kier alpha value is -3.47. The summed E-state index contributed by atoms with van der Waals surface area (Å²) in [7, 11) is 0. The molecule has 1 fully saturated rings. The number of carbonyl (C=O) groups excluding carboxylic acids is 2. The van der Waals surface area contributed by atoms with Crippen LogP contribution < -0.4 is 10.2 Å². The summed E-state index contributed by atoms with van der Waals surface area (Å²) >= 11 is 0. The van der Waals surface area contributed by atoms with Gasteiger partial charge in [-0.05, 0) is 35.7 Å². The average Bonchev–Trinajstić information content (AvgIpc) is 3.15. The molecule has 1 heterocycles. The van der Waals surface area contributed by atoms with Crippen LogP contribution in [0.3, 0.4) is 0 Å². The van der Waals surface area contributed by atoms with Gasteiger partial charge in [-0.2, -0.15) is 0 Å². The summed E-state index contributed by atoms with van der Waals surface area (Å²) in [6.07, 6.45) is 1.17. The number of rotatable bonds is 5. The Kier molecular flexibility index (Phi) is 5.38. The van der Waals surface area contributed by atoms with Gasteiger partial charge >= 0.3 is 0 Å². The number of anilines is 2. The van der Waals surface area contributed by atoms with Crippen LogP contribution in [-0.2, 0) is 9.59 Å². The van der Waals surface area contributed by atoms with Gasteiger partial charge in [0.05, 0.1) is 11.6 Å². The first-order chi connectivity index (χ1) is 14.1. The first-order valence-corrected chi connectivity index (χ1v) is 9.64. The van der Waals surface area contributed by atoms with Crippen LogP contribution in [0.5, 0.6) is 0 Å². The van der Waals surface area contributed by atoms with Crippen molar-refractivity contribution in [2.45, 2.75) is 18.8 Å². The zero-order chi connectivity index (χ0) is 20.2. The molecule has 4 rings (SSSR count). The Balaban J connectivity index is 1.59. The first kappa shape index (κ1) is 18.9. The fourth-order valence-corrected chi connectivity index (χ4v) is 3.71. The fraction of sp³-hybridized carbons (Fsp3) is 0.167. The van der Waals surface area contributed by atoms with Crippen LogP contribution in [0.4, 0.5) is 15.8 Å². The van der Waals surface area contributed by atoms with Crippen LogP contribution in [-0.4, -0.2) is 18.4 Å². The molecule has 4 nitrogen and oxygen atoms in total. The number of nitrogens with one attached hydrogen (secondary N) is 1. The summed E-state index contributed by atoms with van der Waals surface area (Å²) in [5, 5.41) is 2.83. The predicted molar refractivity (Wildman–Crippen MR) is 111 cm³/mol. The summed E-state index contributed by atoms with van der Waals surface area (Å²) in [5.74, 6) is -1.35. The van der Waals surface area contributed by atoms with Gasteiger partial charge < -0.3 is 10.2 Å². The molecule has 3 aromatic carbocycles. The van der Waals surface area contributed by atoms with E-state index in [0.717, 1.165) is 17.5 Å². The predicted octanol–water partition coefficient (Wildman–Crippen LogP) is 4.72. The van der Waals surface area contributed by atoms with Crippen molar-refractivity contribution in [2.75, 3.05) is 16.8 Å². The van der Waals surface area contributed by atoms with E-state index < -0.39 is 11.7 Å². The highest BCUT2D eigenvalue weighted by molar-refractivity contribution is 5.99. The van der Waals surface area contributed by atoms with Crippen LogP contribution >= 0.6 is 0 Å². The third-order valence-corrected chi connectivity index (χ3v) is 5.11. The maximum absolute atomic E-state index is 14.6. The van der Waals surface area contributed by atoms with Crippen molar-refractivity contribution in [1.29, 1.82) is 0 Å². The zero-order valence-corrected chi connectivity index (χ0v) is 15.8. The van der Waals surface area contributed by atoms with E-state index in [2.05, 4.69) is 5.32 Å². The molecule has 0 aromatic heterocycles. The molecule has 1 aliphatic rings. The van der Waals surface area contributed by atoms with Crippen molar-refractivity contribution in [3.63, 3.8) is 0 Å². The Bertz CT molecular complexity index is 982. The van der Waals surface area contributed by atoms with Gasteiger partial charge in [0.1, 0.15) is 5.82 Å². The van der Waals surface area contributed by atoms with E-state index in [4.69, 9.17) is 0 Å². The maximum Gasteiger partial charge on any atom is 0.236 e. The molecule has 3 aromatic rings. The van der Waals surface area contributed by atoms with Crippen molar-refractivity contribution < 1.29 is 14.0 Å². The van der Waals surface area contributed by atoms with E-state index in [1.54, 1.807) is 12.1 Å².